The zero-order valence-corrected chi connectivity index (χ0v) is 13.7. The van der Waals surface area contributed by atoms with Gasteiger partial charge in [-0.15, -0.1) is 24.8 Å². The largest absolute Gasteiger partial charge is 0.147 e. The van der Waals surface area contributed by atoms with Gasteiger partial charge in [-0.3, -0.25) is 0 Å². The van der Waals surface area contributed by atoms with Crippen molar-refractivity contribution in [1.82, 2.24) is 0 Å². The van der Waals surface area contributed by atoms with Gasteiger partial charge < -0.3 is 0 Å². The fourth-order valence-electron chi connectivity index (χ4n) is 1.24. The number of rotatable bonds is 2. The van der Waals surface area contributed by atoms with Gasteiger partial charge in [-0.1, -0.05) is 0 Å². The molecule has 0 fully saturated rings. The van der Waals surface area contributed by atoms with Crippen LogP contribution in [0, 0.1) is 6.92 Å². The van der Waals surface area contributed by atoms with Crippen molar-refractivity contribution in [3.63, 3.8) is 0 Å². The van der Waals surface area contributed by atoms with E-state index in [9.17, 15) is 0 Å². The molecule has 0 radical (unpaired) electrons. The van der Waals surface area contributed by atoms with Gasteiger partial charge in [0.25, 0.3) is 0 Å². The van der Waals surface area contributed by atoms with Gasteiger partial charge in [0.2, 0.25) is 0 Å². The van der Waals surface area contributed by atoms with Crippen molar-refractivity contribution in [1.29, 1.82) is 0 Å². The average molecular weight is 300 g/mol. The Hall–Kier alpha value is 0.531. The zero-order chi connectivity index (χ0) is 10.1. The number of halogens is 2. The second-order valence-electron chi connectivity index (χ2n) is 4.39. The summed E-state index contributed by atoms with van der Waals surface area (Å²) in [5.41, 5.74) is 1.29. The Kier molecular flexibility index (Phi) is 8.33. The zero-order valence-electron chi connectivity index (χ0n) is 9.46. The molecule has 0 N–H and O–H groups in total. The second kappa shape index (κ2) is 6.97. The Morgan fingerprint density at radius 2 is 1.60 bits per heavy atom. The summed E-state index contributed by atoms with van der Waals surface area (Å²) in [4.78, 5) is 0. The van der Waals surface area contributed by atoms with Gasteiger partial charge in [0.15, 0.2) is 0 Å². The predicted octanol–water partition coefficient (Wildman–Crippen LogP) is 3.22. The molecule has 0 spiro atoms. The number of hydrogen-bond donors (Lipinski definition) is 0. The van der Waals surface area contributed by atoms with E-state index in [4.69, 9.17) is 3.32 Å². The van der Waals surface area contributed by atoms with Crippen LogP contribution in [-0.2, 0) is 20.8 Å². The van der Waals surface area contributed by atoms with E-state index >= 15 is 0 Å². The topological polar surface area (TPSA) is 9.23 Å². The molecule has 1 aromatic carbocycles. The molecule has 85 valence electrons. The maximum absolute atomic E-state index is 5.25. The van der Waals surface area contributed by atoms with Crippen LogP contribution >= 0.6 is 24.8 Å². The van der Waals surface area contributed by atoms with Crippen LogP contribution in [-0.4, -0.2) is 8.07 Å². The van der Waals surface area contributed by atoms with Crippen LogP contribution in [0.15, 0.2) is 18.2 Å². The summed E-state index contributed by atoms with van der Waals surface area (Å²) in [6.45, 7) is 9.16. The van der Waals surface area contributed by atoms with E-state index in [0.717, 1.165) is 5.75 Å². The molecule has 0 aliphatic heterocycles. The van der Waals surface area contributed by atoms with E-state index in [1.165, 1.54) is 10.8 Å². The first-order valence-corrected chi connectivity index (χ1v) is 8.53. The molecule has 0 aliphatic rings. The normalized spacial score (nSPS) is 9.80. The van der Waals surface area contributed by atoms with Gasteiger partial charge in [-0.25, -0.2) is 0 Å². The average Bonchev–Trinajstić information content (AvgIpc) is 2.01. The summed E-state index contributed by atoms with van der Waals surface area (Å²) in [5, 5.41) is 1.46. The minimum atomic E-state index is -1.19. The quantitative estimate of drug-likeness (QED) is 0.762. The standard InChI is InChI=1S/C10H16OSi.2ClH.Ti/c1-8-5-9(11)7-10(6-8)12(2,3)4;;;/h5-7,11H,1-4H3;2*1H;/q;;;+1/p-1. The Morgan fingerprint density at radius 1 is 1.07 bits per heavy atom. The van der Waals surface area contributed by atoms with Crippen molar-refractivity contribution in [3.8, 4) is 5.75 Å². The first-order valence-electron chi connectivity index (χ1n) is 4.39. The predicted molar refractivity (Wildman–Crippen MR) is 69.3 cm³/mol. The molecule has 5 heteroatoms. The van der Waals surface area contributed by atoms with Crippen LogP contribution < -0.4 is 8.51 Å². The molecule has 1 aromatic rings. The molecule has 1 nitrogen and oxygen atoms in total. The fraction of sp³-hybridized carbons (Fsp3) is 0.400. The maximum atomic E-state index is 5.25. The Bertz CT molecular complexity index is 313. The minimum Gasteiger partial charge on any atom is -0.147 e. The molecule has 0 saturated heterocycles. The van der Waals surface area contributed by atoms with Crippen LogP contribution in [0.4, 0.5) is 0 Å². The SMILES string of the molecule is Cc1cc([O][Ti])cc([Si](C)(C)C)c1.Cl.Cl. The van der Waals surface area contributed by atoms with Gasteiger partial charge in [-0.05, 0) is 0 Å². The first kappa shape index (κ1) is 17.9. The smallest absolute Gasteiger partial charge is 0.147 e. The second-order valence-corrected chi connectivity index (χ2v) is 9.78. The Balaban J connectivity index is 0. The van der Waals surface area contributed by atoms with Gasteiger partial charge in [0, 0.05) is 0 Å². The third kappa shape index (κ3) is 5.41. The van der Waals surface area contributed by atoms with E-state index in [1.54, 1.807) is 20.8 Å². The van der Waals surface area contributed by atoms with E-state index in [-0.39, 0.29) is 24.8 Å². The van der Waals surface area contributed by atoms with Gasteiger partial charge in [-0.2, -0.15) is 0 Å². The van der Waals surface area contributed by atoms with Crippen molar-refractivity contribution in [2.24, 2.45) is 0 Å². The van der Waals surface area contributed by atoms with Gasteiger partial charge >= 0.3 is 93.5 Å². The van der Waals surface area contributed by atoms with E-state index in [0.29, 0.717) is 0 Å². The van der Waals surface area contributed by atoms with E-state index in [1.807, 2.05) is 0 Å². The molecule has 0 aromatic heterocycles. The van der Waals surface area contributed by atoms with Crippen molar-refractivity contribution >= 4 is 38.1 Å². The molecule has 0 heterocycles. The number of aryl methyl sites for hydroxylation is 1. The summed E-state index contributed by atoms with van der Waals surface area (Å²) < 4.78 is 5.25. The van der Waals surface area contributed by atoms with Crippen LogP contribution in [0.3, 0.4) is 0 Å². The van der Waals surface area contributed by atoms with Crippen LogP contribution in [0.1, 0.15) is 5.56 Å². The van der Waals surface area contributed by atoms with Crippen molar-refractivity contribution in [3.05, 3.63) is 23.8 Å². The molecular weight excluding hydrogens is 283 g/mol. The molecule has 0 saturated carbocycles. The molecule has 0 amide bonds. The van der Waals surface area contributed by atoms with E-state index in [2.05, 4.69) is 44.8 Å². The summed E-state index contributed by atoms with van der Waals surface area (Å²) >= 11 is 1.72. The third-order valence-corrected chi connectivity index (χ3v) is 4.42. The molecule has 15 heavy (non-hydrogen) atoms. The molecule has 0 atom stereocenters. The van der Waals surface area contributed by atoms with Crippen LogP contribution in [0.2, 0.25) is 19.6 Å². The van der Waals surface area contributed by atoms with Crippen molar-refractivity contribution in [2.45, 2.75) is 26.6 Å². The molecule has 0 bridgehead atoms. The molecule has 1 rings (SSSR count). The summed E-state index contributed by atoms with van der Waals surface area (Å²) in [5.74, 6) is 0.984. The summed E-state index contributed by atoms with van der Waals surface area (Å²) in [6.07, 6.45) is 0. The number of benzene rings is 1. The third-order valence-electron chi connectivity index (χ3n) is 2.03. The van der Waals surface area contributed by atoms with Crippen molar-refractivity contribution in [2.75, 3.05) is 0 Å². The first-order chi connectivity index (χ1) is 5.93. The molecule has 0 unspecified atom stereocenters. The van der Waals surface area contributed by atoms with Crippen LogP contribution in [0.5, 0.6) is 5.75 Å². The van der Waals surface area contributed by atoms with Gasteiger partial charge in [0.1, 0.15) is 0 Å². The molecular formula is C10H17Cl2OSiTi. The molecule has 0 aliphatic carbocycles. The minimum absolute atomic E-state index is 0. The Labute approximate surface area is 118 Å². The van der Waals surface area contributed by atoms with Crippen molar-refractivity contribution < 1.29 is 24.1 Å². The van der Waals surface area contributed by atoms with Crippen LogP contribution in [0.25, 0.3) is 0 Å². The summed E-state index contributed by atoms with van der Waals surface area (Å²) in [6, 6.07) is 6.51. The summed E-state index contributed by atoms with van der Waals surface area (Å²) in [7, 11) is -1.19. The van der Waals surface area contributed by atoms with Gasteiger partial charge in [0.05, 0.1) is 0 Å². The maximum Gasteiger partial charge on any atom is -0.147 e. The Morgan fingerprint density at radius 3 is 2.00 bits per heavy atom. The monoisotopic (exact) mass is 299 g/mol. The fourth-order valence-corrected chi connectivity index (χ4v) is 2.66. The number of hydrogen-bond acceptors (Lipinski definition) is 1. The van der Waals surface area contributed by atoms with E-state index < -0.39 is 8.07 Å².